The maximum Gasteiger partial charge on any atom is 0.137 e. The highest BCUT2D eigenvalue weighted by Gasteiger charge is 2.20. The summed E-state index contributed by atoms with van der Waals surface area (Å²) in [4.78, 5) is 4.89. The van der Waals surface area contributed by atoms with Gasteiger partial charge in [-0.15, -0.1) is 0 Å². The zero-order chi connectivity index (χ0) is 39.0. The van der Waals surface area contributed by atoms with E-state index in [1.165, 1.54) is 27.6 Å². The summed E-state index contributed by atoms with van der Waals surface area (Å²) in [5.41, 5.74) is 12.3. The third-order valence-electron chi connectivity index (χ3n) is 10.5. The van der Waals surface area contributed by atoms with E-state index in [2.05, 4.69) is 191 Å². The normalized spacial score (nSPS) is 11.8. The quantitative estimate of drug-likeness (QED) is 0.147. The summed E-state index contributed by atoms with van der Waals surface area (Å²) in [6, 6.07) is 51.2. The predicted molar refractivity (Wildman–Crippen MR) is 237 cm³/mol. The molecule has 0 saturated heterocycles. The van der Waals surface area contributed by atoms with Gasteiger partial charge in [0.2, 0.25) is 0 Å². The average molecular weight is 735 g/mol. The number of pyridine rings is 1. The van der Waals surface area contributed by atoms with Crippen molar-refractivity contribution >= 4 is 44.6 Å². The fraction of sp³-hybridized carbons (Fsp3) is 0.196. The van der Waals surface area contributed by atoms with Crippen LogP contribution in [0.25, 0.3) is 38.8 Å². The third kappa shape index (κ3) is 7.37. The lowest BCUT2D eigenvalue weighted by Crippen LogP contribution is -2.12. The van der Waals surface area contributed by atoms with Gasteiger partial charge < -0.3 is 15.4 Å². The highest BCUT2D eigenvalue weighted by atomic mass is 16.5. The number of aromatic nitrogens is 2. The number of anilines is 4. The van der Waals surface area contributed by atoms with Gasteiger partial charge in [-0.2, -0.15) is 0 Å². The molecular weight excluding hydrogens is 685 g/mol. The van der Waals surface area contributed by atoms with Crippen LogP contribution in [0.2, 0.25) is 0 Å². The van der Waals surface area contributed by atoms with Gasteiger partial charge in [-0.05, 0) is 112 Å². The molecule has 8 rings (SSSR count). The molecule has 0 aliphatic carbocycles. The second-order valence-electron chi connectivity index (χ2n) is 16.3. The summed E-state index contributed by atoms with van der Waals surface area (Å²) >= 11 is 0. The van der Waals surface area contributed by atoms with Crippen molar-refractivity contribution in [1.29, 1.82) is 0 Å². The van der Waals surface area contributed by atoms with Crippen molar-refractivity contribution in [1.82, 2.24) is 9.55 Å². The molecule has 2 N–H and O–H groups in total. The van der Waals surface area contributed by atoms with Crippen LogP contribution in [0.1, 0.15) is 77.0 Å². The van der Waals surface area contributed by atoms with E-state index in [0.717, 1.165) is 62.0 Å². The number of hydrogen-bond donors (Lipinski definition) is 2. The molecule has 0 fully saturated rings. The lowest BCUT2D eigenvalue weighted by atomic mass is 9.85. The van der Waals surface area contributed by atoms with Gasteiger partial charge in [-0.25, -0.2) is 4.98 Å². The van der Waals surface area contributed by atoms with Crippen molar-refractivity contribution in [2.75, 3.05) is 10.6 Å². The summed E-state index contributed by atoms with van der Waals surface area (Å²) < 4.78 is 9.19. The Morgan fingerprint density at radius 3 is 1.89 bits per heavy atom. The highest BCUT2D eigenvalue weighted by molar-refractivity contribution is 6.09. The lowest BCUT2D eigenvalue weighted by molar-refractivity contribution is 0.484. The summed E-state index contributed by atoms with van der Waals surface area (Å²) in [5.74, 6) is 3.08. The molecular formula is C51H50N4O. The molecule has 5 heteroatoms. The van der Waals surface area contributed by atoms with Crippen molar-refractivity contribution < 1.29 is 4.74 Å². The Kier molecular flexibility index (Phi) is 9.86. The minimum atomic E-state index is -0.0107. The topological polar surface area (TPSA) is 51.1 Å². The van der Waals surface area contributed by atoms with Crippen molar-refractivity contribution in [3.63, 3.8) is 0 Å². The monoisotopic (exact) mass is 734 g/mol. The van der Waals surface area contributed by atoms with Gasteiger partial charge in [0.25, 0.3) is 0 Å². The van der Waals surface area contributed by atoms with Crippen LogP contribution in [0.15, 0.2) is 152 Å². The van der Waals surface area contributed by atoms with Crippen molar-refractivity contribution in [3.8, 4) is 28.4 Å². The second kappa shape index (κ2) is 15.1. The first-order valence-corrected chi connectivity index (χ1v) is 19.7. The van der Waals surface area contributed by atoms with Crippen LogP contribution in [0, 0.1) is 0 Å². The fourth-order valence-corrected chi connectivity index (χ4v) is 7.70. The van der Waals surface area contributed by atoms with Crippen molar-refractivity contribution in [2.45, 2.75) is 65.7 Å². The predicted octanol–water partition coefficient (Wildman–Crippen LogP) is 14.7. The standard InChI is InChI=1S/C51H50N4O/c1-33(2)41-19-15-20-42(34(3)4)50(41)35-28-38(54-46-22-13-12-21-45(46)53-37-16-9-8-10-17-37)31-40(29-35)56-39-24-25-44-43-18-11-14-23-47(43)55(48(44)32-39)49-30-36(26-27-52-49)51(5,6)7/h8-34,53-54H,1-7H3. The van der Waals surface area contributed by atoms with Crippen LogP contribution in [-0.4, -0.2) is 9.55 Å². The Morgan fingerprint density at radius 2 is 1.20 bits per heavy atom. The van der Waals surface area contributed by atoms with Gasteiger partial charge in [0.15, 0.2) is 0 Å². The van der Waals surface area contributed by atoms with Crippen LogP contribution in [0.3, 0.4) is 0 Å². The molecule has 0 spiro atoms. The molecule has 8 aromatic rings. The molecule has 6 aromatic carbocycles. The Bertz CT molecular complexity index is 2640. The maximum absolute atomic E-state index is 6.93. The Balaban J connectivity index is 1.26. The molecule has 2 heterocycles. The van der Waals surface area contributed by atoms with Crippen LogP contribution in [-0.2, 0) is 5.41 Å². The smallest absolute Gasteiger partial charge is 0.137 e. The van der Waals surface area contributed by atoms with E-state index < -0.39 is 0 Å². The molecule has 0 aliphatic rings. The number of nitrogens with one attached hydrogen (secondary N) is 2. The molecule has 56 heavy (non-hydrogen) atoms. The molecule has 0 unspecified atom stereocenters. The molecule has 0 bridgehead atoms. The molecule has 0 aliphatic heterocycles. The first-order valence-electron chi connectivity index (χ1n) is 19.7. The van der Waals surface area contributed by atoms with E-state index in [1.54, 1.807) is 0 Å². The van der Waals surface area contributed by atoms with E-state index in [4.69, 9.17) is 9.72 Å². The first-order chi connectivity index (χ1) is 27.0. The van der Waals surface area contributed by atoms with E-state index >= 15 is 0 Å². The Hall–Kier alpha value is -6.33. The van der Waals surface area contributed by atoms with Gasteiger partial charge in [-0.3, -0.25) is 4.57 Å². The van der Waals surface area contributed by atoms with E-state index in [0.29, 0.717) is 11.8 Å². The Morgan fingerprint density at radius 1 is 0.554 bits per heavy atom. The minimum absolute atomic E-state index is 0.0107. The molecule has 0 atom stereocenters. The SMILES string of the molecule is CC(C)c1cccc(C(C)C)c1-c1cc(Nc2ccccc2Nc2ccccc2)cc(Oc2ccc3c4ccccc4n(-c4cc(C(C)(C)C)ccn4)c3c2)c1. The van der Waals surface area contributed by atoms with E-state index in [1.807, 2.05) is 24.4 Å². The number of ether oxygens (including phenoxy) is 1. The molecule has 280 valence electrons. The van der Waals surface area contributed by atoms with Crippen molar-refractivity contribution in [2.24, 2.45) is 0 Å². The van der Waals surface area contributed by atoms with Crippen molar-refractivity contribution in [3.05, 3.63) is 168 Å². The van der Waals surface area contributed by atoms with Gasteiger partial charge in [0, 0.05) is 40.5 Å². The zero-order valence-corrected chi connectivity index (χ0v) is 33.4. The van der Waals surface area contributed by atoms with E-state index in [-0.39, 0.29) is 5.41 Å². The van der Waals surface area contributed by atoms with Gasteiger partial charge >= 0.3 is 0 Å². The minimum Gasteiger partial charge on any atom is -0.457 e. The largest absolute Gasteiger partial charge is 0.457 e. The Labute approximate surface area is 331 Å². The summed E-state index contributed by atoms with van der Waals surface area (Å²) in [6.07, 6.45) is 1.92. The summed E-state index contributed by atoms with van der Waals surface area (Å²) in [6.45, 7) is 15.8. The average Bonchev–Trinajstić information content (AvgIpc) is 3.52. The van der Waals surface area contributed by atoms with Crippen LogP contribution < -0.4 is 15.4 Å². The van der Waals surface area contributed by atoms with Crippen LogP contribution >= 0.6 is 0 Å². The molecule has 0 saturated carbocycles. The lowest BCUT2D eigenvalue weighted by Gasteiger charge is -2.22. The fourth-order valence-electron chi connectivity index (χ4n) is 7.70. The molecule has 5 nitrogen and oxygen atoms in total. The van der Waals surface area contributed by atoms with E-state index in [9.17, 15) is 0 Å². The summed E-state index contributed by atoms with van der Waals surface area (Å²) in [5, 5.41) is 9.70. The zero-order valence-electron chi connectivity index (χ0n) is 33.4. The number of para-hydroxylation sites is 4. The molecule has 2 aromatic heterocycles. The third-order valence-corrected chi connectivity index (χ3v) is 10.5. The number of rotatable bonds is 10. The number of fused-ring (bicyclic) bond motifs is 3. The molecule has 0 radical (unpaired) electrons. The second-order valence-corrected chi connectivity index (χ2v) is 16.3. The van der Waals surface area contributed by atoms with Gasteiger partial charge in [-0.1, -0.05) is 115 Å². The first kappa shape index (κ1) is 36.6. The van der Waals surface area contributed by atoms with Gasteiger partial charge in [0.05, 0.1) is 22.4 Å². The van der Waals surface area contributed by atoms with Gasteiger partial charge in [0.1, 0.15) is 17.3 Å². The molecule has 0 amide bonds. The highest BCUT2D eigenvalue weighted by Crippen LogP contribution is 2.42. The maximum atomic E-state index is 6.93. The van der Waals surface area contributed by atoms with Crippen LogP contribution in [0.4, 0.5) is 22.7 Å². The number of hydrogen-bond acceptors (Lipinski definition) is 4. The number of benzene rings is 6. The summed E-state index contributed by atoms with van der Waals surface area (Å²) in [7, 11) is 0. The number of nitrogens with zero attached hydrogens (tertiary/aromatic N) is 2. The van der Waals surface area contributed by atoms with Crippen LogP contribution in [0.5, 0.6) is 11.5 Å².